The molecule has 1 fully saturated rings. The summed E-state index contributed by atoms with van der Waals surface area (Å²) in [5.74, 6) is -0.142. The zero-order valence-corrected chi connectivity index (χ0v) is 9.01. The Balaban J connectivity index is 2.25. The Morgan fingerprint density at radius 2 is 1.81 bits per heavy atom. The predicted octanol–water partition coefficient (Wildman–Crippen LogP) is 1.06. The molecule has 0 aromatic heterocycles. The smallest absolute Gasteiger partial charge is 0.330 e. The first kappa shape index (κ1) is 10.5. The summed E-state index contributed by atoms with van der Waals surface area (Å²) in [6.07, 6.45) is 0.354. The van der Waals surface area contributed by atoms with E-state index in [1.165, 1.54) is 7.05 Å². The molecule has 0 unspecified atom stereocenters. The van der Waals surface area contributed by atoms with Crippen molar-refractivity contribution in [3.8, 4) is 0 Å². The molecule has 84 valence electrons. The van der Waals surface area contributed by atoms with E-state index in [-0.39, 0.29) is 11.9 Å². The third kappa shape index (κ3) is 1.71. The summed E-state index contributed by atoms with van der Waals surface area (Å²) in [5, 5.41) is 0. The van der Waals surface area contributed by atoms with Gasteiger partial charge in [0.2, 0.25) is 5.91 Å². The van der Waals surface area contributed by atoms with Crippen molar-refractivity contribution in [2.45, 2.75) is 6.42 Å². The van der Waals surface area contributed by atoms with Crippen LogP contribution in [0.15, 0.2) is 24.3 Å². The van der Waals surface area contributed by atoms with Crippen LogP contribution in [0.5, 0.6) is 0 Å². The molecule has 1 aromatic carbocycles. The van der Waals surface area contributed by atoms with Crippen LogP contribution in [-0.4, -0.2) is 30.4 Å². The first-order valence-corrected chi connectivity index (χ1v) is 5.03. The van der Waals surface area contributed by atoms with Crippen LogP contribution < -0.4 is 10.6 Å². The van der Waals surface area contributed by atoms with Crippen LogP contribution in [0.25, 0.3) is 0 Å². The Kier molecular flexibility index (Phi) is 2.52. The summed E-state index contributed by atoms with van der Waals surface area (Å²) in [6, 6.07) is 6.73. The summed E-state index contributed by atoms with van der Waals surface area (Å²) in [4.78, 5) is 25.8. The van der Waals surface area contributed by atoms with Crippen molar-refractivity contribution in [1.29, 1.82) is 0 Å². The van der Waals surface area contributed by atoms with E-state index in [4.69, 9.17) is 5.73 Å². The average molecular weight is 219 g/mol. The van der Waals surface area contributed by atoms with E-state index < -0.39 is 0 Å². The number of carbonyl (C=O) groups is 2. The standard InChI is InChI=1S/C11H13N3O2/c1-13-10(15)6-7-14(11(13)16)9-4-2-8(12)3-5-9/h2-5H,6-7,12H2,1H3. The zero-order chi connectivity index (χ0) is 11.7. The van der Waals surface area contributed by atoms with Gasteiger partial charge in [0.1, 0.15) is 0 Å². The average Bonchev–Trinajstić information content (AvgIpc) is 2.28. The molecule has 1 heterocycles. The van der Waals surface area contributed by atoms with E-state index in [2.05, 4.69) is 0 Å². The van der Waals surface area contributed by atoms with Crippen LogP contribution in [0.2, 0.25) is 0 Å². The topological polar surface area (TPSA) is 66.6 Å². The van der Waals surface area contributed by atoms with Crippen molar-refractivity contribution >= 4 is 23.3 Å². The second-order valence-corrected chi connectivity index (χ2v) is 3.73. The maximum Gasteiger partial charge on any atom is 0.330 e. The lowest BCUT2D eigenvalue weighted by atomic mass is 10.2. The lowest BCUT2D eigenvalue weighted by Gasteiger charge is -2.31. The van der Waals surface area contributed by atoms with Crippen LogP contribution in [-0.2, 0) is 4.79 Å². The molecule has 5 heteroatoms. The van der Waals surface area contributed by atoms with Gasteiger partial charge in [-0.1, -0.05) is 0 Å². The lowest BCUT2D eigenvalue weighted by molar-refractivity contribution is -0.127. The molecule has 5 nitrogen and oxygen atoms in total. The quantitative estimate of drug-likeness (QED) is 0.718. The third-order valence-corrected chi connectivity index (χ3v) is 2.65. The molecule has 0 aliphatic carbocycles. The molecule has 0 spiro atoms. The van der Waals surface area contributed by atoms with E-state index in [1.807, 2.05) is 0 Å². The summed E-state index contributed by atoms with van der Waals surface area (Å²) in [6.45, 7) is 0.423. The Morgan fingerprint density at radius 1 is 1.19 bits per heavy atom. The van der Waals surface area contributed by atoms with Crippen molar-refractivity contribution in [2.24, 2.45) is 0 Å². The molecule has 0 saturated carbocycles. The zero-order valence-electron chi connectivity index (χ0n) is 9.01. The molecular formula is C11H13N3O2. The second kappa shape index (κ2) is 3.84. The van der Waals surface area contributed by atoms with Gasteiger partial charge in [-0.2, -0.15) is 0 Å². The molecular weight excluding hydrogens is 206 g/mol. The Hall–Kier alpha value is -2.04. The predicted molar refractivity (Wildman–Crippen MR) is 61.0 cm³/mol. The summed E-state index contributed by atoms with van der Waals surface area (Å²) >= 11 is 0. The number of hydrogen-bond donors (Lipinski definition) is 1. The van der Waals surface area contributed by atoms with Crippen LogP contribution in [0.1, 0.15) is 6.42 Å². The van der Waals surface area contributed by atoms with E-state index in [0.717, 1.165) is 10.6 Å². The Labute approximate surface area is 93.4 Å². The highest BCUT2D eigenvalue weighted by atomic mass is 16.2. The number of amides is 3. The van der Waals surface area contributed by atoms with Crippen molar-refractivity contribution in [3.63, 3.8) is 0 Å². The SMILES string of the molecule is CN1C(=O)CCN(c2ccc(N)cc2)C1=O. The number of benzene rings is 1. The van der Waals surface area contributed by atoms with Crippen molar-refractivity contribution < 1.29 is 9.59 Å². The molecule has 1 aliphatic rings. The molecule has 1 aromatic rings. The normalized spacial score (nSPS) is 16.8. The van der Waals surface area contributed by atoms with Crippen LogP contribution >= 0.6 is 0 Å². The van der Waals surface area contributed by atoms with Gasteiger partial charge >= 0.3 is 6.03 Å². The lowest BCUT2D eigenvalue weighted by Crippen LogP contribution is -2.50. The van der Waals surface area contributed by atoms with Gasteiger partial charge in [-0.25, -0.2) is 4.79 Å². The monoisotopic (exact) mass is 219 g/mol. The maximum atomic E-state index is 11.8. The van der Waals surface area contributed by atoms with E-state index in [0.29, 0.717) is 18.7 Å². The number of nitrogens with zero attached hydrogens (tertiary/aromatic N) is 2. The number of rotatable bonds is 1. The maximum absolute atomic E-state index is 11.8. The fourth-order valence-electron chi connectivity index (χ4n) is 1.65. The summed E-state index contributed by atoms with van der Waals surface area (Å²) < 4.78 is 0. The van der Waals surface area contributed by atoms with Crippen LogP contribution in [0.3, 0.4) is 0 Å². The molecule has 0 bridgehead atoms. The molecule has 1 saturated heterocycles. The fourth-order valence-corrected chi connectivity index (χ4v) is 1.65. The van der Waals surface area contributed by atoms with Gasteiger partial charge in [0.15, 0.2) is 0 Å². The van der Waals surface area contributed by atoms with Gasteiger partial charge in [-0.15, -0.1) is 0 Å². The minimum atomic E-state index is -0.291. The van der Waals surface area contributed by atoms with Gasteiger partial charge in [-0.05, 0) is 24.3 Å². The molecule has 0 radical (unpaired) electrons. The molecule has 2 rings (SSSR count). The number of nitrogens with two attached hydrogens (primary N) is 1. The van der Waals surface area contributed by atoms with Crippen molar-refractivity contribution in [3.05, 3.63) is 24.3 Å². The van der Waals surface area contributed by atoms with Gasteiger partial charge in [0, 0.05) is 31.4 Å². The first-order chi connectivity index (χ1) is 7.59. The highest BCUT2D eigenvalue weighted by Gasteiger charge is 2.29. The fraction of sp³-hybridized carbons (Fsp3) is 0.273. The molecule has 16 heavy (non-hydrogen) atoms. The van der Waals surface area contributed by atoms with Crippen LogP contribution in [0.4, 0.5) is 16.2 Å². The number of hydrogen-bond acceptors (Lipinski definition) is 3. The Morgan fingerprint density at radius 3 is 2.44 bits per heavy atom. The number of nitrogen functional groups attached to an aromatic ring is 1. The third-order valence-electron chi connectivity index (χ3n) is 2.65. The highest BCUT2D eigenvalue weighted by molar-refractivity contribution is 6.05. The van der Waals surface area contributed by atoms with E-state index in [9.17, 15) is 9.59 Å². The molecule has 2 N–H and O–H groups in total. The second-order valence-electron chi connectivity index (χ2n) is 3.73. The van der Waals surface area contributed by atoms with Gasteiger partial charge < -0.3 is 5.73 Å². The molecule has 0 atom stereocenters. The summed E-state index contributed by atoms with van der Waals surface area (Å²) in [7, 11) is 1.49. The summed E-state index contributed by atoms with van der Waals surface area (Å²) in [5.41, 5.74) is 6.99. The largest absolute Gasteiger partial charge is 0.399 e. The van der Waals surface area contributed by atoms with E-state index >= 15 is 0 Å². The van der Waals surface area contributed by atoms with Crippen molar-refractivity contribution in [2.75, 3.05) is 24.2 Å². The van der Waals surface area contributed by atoms with Crippen LogP contribution in [0, 0.1) is 0 Å². The number of urea groups is 1. The number of carbonyl (C=O) groups excluding carboxylic acids is 2. The first-order valence-electron chi connectivity index (χ1n) is 5.03. The van der Waals surface area contributed by atoms with Crippen molar-refractivity contribution in [1.82, 2.24) is 4.90 Å². The number of imide groups is 1. The molecule has 1 aliphatic heterocycles. The molecule has 3 amide bonds. The Bertz CT molecular complexity index is 427. The minimum absolute atomic E-state index is 0.142. The van der Waals surface area contributed by atoms with Gasteiger partial charge in [-0.3, -0.25) is 14.6 Å². The van der Waals surface area contributed by atoms with Gasteiger partial charge in [0.25, 0.3) is 0 Å². The minimum Gasteiger partial charge on any atom is -0.399 e. The van der Waals surface area contributed by atoms with Gasteiger partial charge in [0.05, 0.1) is 0 Å². The van der Waals surface area contributed by atoms with E-state index in [1.54, 1.807) is 29.2 Å². The highest BCUT2D eigenvalue weighted by Crippen LogP contribution is 2.20. The number of anilines is 2.